The van der Waals surface area contributed by atoms with Gasteiger partial charge in [-0.05, 0) is 54.2 Å². The van der Waals surface area contributed by atoms with Crippen molar-refractivity contribution in [2.45, 2.75) is 52.0 Å². The predicted molar refractivity (Wildman–Crippen MR) is 123 cm³/mol. The normalized spacial score (nSPS) is 11.2. The van der Waals surface area contributed by atoms with E-state index in [0.717, 1.165) is 28.3 Å². The second-order valence-corrected chi connectivity index (χ2v) is 10.6. The van der Waals surface area contributed by atoms with Crippen molar-refractivity contribution in [2.75, 3.05) is 11.1 Å². The molecule has 1 amide bonds. The van der Waals surface area contributed by atoms with Crippen molar-refractivity contribution in [2.24, 2.45) is 5.41 Å². The summed E-state index contributed by atoms with van der Waals surface area (Å²) in [7, 11) is 3.31. The number of carbonyl (C=O) groups is 2. The highest BCUT2D eigenvalue weighted by Gasteiger charge is 2.11. The first-order chi connectivity index (χ1) is 13.7. The van der Waals surface area contributed by atoms with Gasteiger partial charge in [-0.15, -0.1) is 0 Å². The molecule has 0 saturated carbocycles. The third-order valence-electron chi connectivity index (χ3n) is 3.92. The first-order valence-corrected chi connectivity index (χ1v) is 11.9. The lowest BCUT2D eigenvalue weighted by Gasteiger charge is -2.18. The molecule has 0 unspecified atom stereocenters. The molecule has 29 heavy (non-hydrogen) atoms. The van der Waals surface area contributed by atoms with Crippen LogP contribution in [0.1, 0.15) is 45.2 Å². The monoisotopic (exact) mass is 431 g/mol. The molecular weight excluding hydrogens is 402 g/mol. The summed E-state index contributed by atoms with van der Waals surface area (Å²) in [6, 6.07) is 15.8. The molecule has 0 aliphatic heterocycles. The molecule has 0 radical (unpaired) electrons. The average molecular weight is 432 g/mol. The van der Waals surface area contributed by atoms with Crippen LogP contribution in [0.15, 0.2) is 53.4 Å². The minimum absolute atomic E-state index is 0.213. The summed E-state index contributed by atoms with van der Waals surface area (Å²) in [5.74, 6) is 1.02. The van der Waals surface area contributed by atoms with Gasteiger partial charge in [0, 0.05) is 22.8 Å². The maximum atomic E-state index is 12.0. The predicted octanol–water partition coefficient (Wildman–Crippen LogP) is 6.74. The van der Waals surface area contributed by atoms with Gasteiger partial charge in [0.2, 0.25) is 0 Å². The molecule has 0 aliphatic rings. The van der Waals surface area contributed by atoms with Gasteiger partial charge in [-0.3, -0.25) is 10.1 Å². The first kappa shape index (κ1) is 23.4. The third kappa shape index (κ3) is 9.90. The Kier molecular flexibility index (Phi) is 9.11. The van der Waals surface area contributed by atoms with Crippen LogP contribution in [0.25, 0.3) is 0 Å². The van der Waals surface area contributed by atoms with Crippen molar-refractivity contribution >= 4 is 39.2 Å². The lowest BCUT2D eigenvalue weighted by atomic mass is 9.88. The van der Waals surface area contributed by atoms with Crippen LogP contribution in [-0.2, 0) is 22.6 Å². The quantitative estimate of drug-likeness (QED) is 0.352. The molecule has 4 nitrogen and oxygen atoms in total. The minimum Gasteiger partial charge on any atom is -0.444 e. The molecule has 2 rings (SSSR count). The molecule has 0 aliphatic carbocycles. The fraction of sp³-hybridized carbons (Fsp3) is 0.391. The molecule has 6 heteroatoms. The lowest BCUT2D eigenvalue weighted by Crippen LogP contribution is -2.13. The molecule has 0 bridgehead atoms. The Labute approximate surface area is 181 Å². The number of hydrogen-bond donors (Lipinski definition) is 1. The van der Waals surface area contributed by atoms with E-state index in [1.165, 1.54) is 5.56 Å². The van der Waals surface area contributed by atoms with Gasteiger partial charge in [0.1, 0.15) is 12.4 Å². The topological polar surface area (TPSA) is 55.4 Å². The molecule has 1 N–H and O–H groups in total. The number of amides is 1. The maximum Gasteiger partial charge on any atom is 0.411 e. The van der Waals surface area contributed by atoms with Gasteiger partial charge in [-0.1, -0.05) is 66.6 Å². The summed E-state index contributed by atoms with van der Waals surface area (Å²) in [5.41, 5.74) is 3.13. The molecule has 0 saturated heterocycles. The number of ketones is 1. The molecular formula is C23H29NO3S2. The second-order valence-electron chi connectivity index (χ2n) is 8.14. The molecule has 2 aromatic rings. The summed E-state index contributed by atoms with van der Waals surface area (Å²) in [4.78, 5) is 24.1. The van der Waals surface area contributed by atoms with E-state index in [-0.39, 0.29) is 17.8 Å². The molecule has 0 fully saturated rings. The minimum atomic E-state index is -0.466. The van der Waals surface area contributed by atoms with Crippen LogP contribution in [0.3, 0.4) is 0 Å². The van der Waals surface area contributed by atoms with Crippen LogP contribution in [0.5, 0.6) is 0 Å². The maximum absolute atomic E-state index is 12.0. The molecule has 0 aromatic heterocycles. The van der Waals surface area contributed by atoms with Gasteiger partial charge in [0.15, 0.2) is 0 Å². The standard InChI is InChI=1S/C23H29NO3S2/c1-17(25)13-14-28-29-21-11-7-19(8-12-21)16-27-22(26)24-20-9-5-18(6-10-20)15-23(2,3)4/h5-12H,13-16H2,1-4H3,(H,24,26). The van der Waals surface area contributed by atoms with E-state index in [4.69, 9.17) is 4.74 Å². The Balaban J connectivity index is 1.74. The van der Waals surface area contributed by atoms with E-state index >= 15 is 0 Å². The Morgan fingerprint density at radius 2 is 1.59 bits per heavy atom. The van der Waals surface area contributed by atoms with Crippen molar-refractivity contribution in [3.05, 3.63) is 59.7 Å². The Morgan fingerprint density at radius 1 is 0.966 bits per heavy atom. The summed E-state index contributed by atoms with van der Waals surface area (Å²) < 4.78 is 5.31. The van der Waals surface area contributed by atoms with Crippen LogP contribution in [-0.4, -0.2) is 17.6 Å². The average Bonchev–Trinajstić information content (AvgIpc) is 2.65. The highest BCUT2D eigenvalue weighted by atomic mass is 33.1. The van der Waals surface area contributed by atoms with Crippen LogP contribution < -0.4 is 5.32 Å². The zero-order chi connectivity index (χ0) is 21.3. The zero-order valence-electron chi connectivity index (χ0n) is 17.5. The van der Waals surface area contributed by atoms with Gasteiger partial charge in [-0.25, -0.2) is 4.79 Å². The van der Waals surface area contributed by atoms with E-state index in [0.29, 0.717) is 6.42 Å². The number of anilines is 1. The van der Waals surface area contributed by atoms with E-state index < -0.39 is 6.09 Å². The van der Waals surface area contributed by atoms with Crippen LogP contribution >= 0.6 is 21.6 Å². The first-order valence-electron chi connectivity index (χ1n) is 9.62. The molecule has 0 spiro atoms. The van der Waals surface area contributed by atoms with E-state index in [9.17, 15) is 9.59 Å². The zero-order valence-corrected chi connectivity index (χ0v) is 19.1. The number of carbonyl (C=O) groups excluding carboxylic acids is 2. The van der Waals surface area contributed by atoms with Crippen molar-refractivity contribution in [3.8, 4) is 0 Å². The fourth-order valence-corrected chi connectivity index (χ4v) is 4.64. The molecule has 0 atom stereocenters. The second kappa shape index (κ2) is 11.3. The third-order valence-corrected chi connectivity index (χ3v) is 6.30. The number of nitrogens with one attached hydrogen (secondary N) is 1. The van der Waals surface area contributed by atoms with Crippen molar-refractivity contribution in [1.29, 1.82) is 0 Å². The van der Waals surface area contributed by atoms with E-state index in [2.05, 4.69) is 26.1 Å². The van der Waals surface area contributed by atoms with Crippen molar-refractivity contribution in [3.63, 3.8) is 0 Å². The van der Waals surface area contributed by atoms with Gasteiger partial charge in [-0.2, -0.15) is 0 Å². The number of Topliss-reactive ketones (excluding diaryl/α,β-unsaturated/α-hetero) is 1. The molecule has 156 valence electrons. The summed E-state index contributed by atoms with van der Waals surface area (Å²) >= 11 is 0. The van der Waals surface area contributed by atoms with Gasteiger partial charge >= 0.3 is 6.09 Å². The highest BCUT2D eigenvalue weighted by molar-refractivity contribution is 8.76. The van der Waals surface area contributed by atoms with Crippen LogP contribution in [0.2, 0.25) is 0 Å². The van der Waals surface area contributed by atoms with Gasteiger partial charge < -0.3 is 4.74 Å². The number of hydrogen-bond acceptors (Lipinski definition) is 5. The van der Waals surface area contributed by atoms with Crippen LogP contribution in [0, 0.1) is 5.41 Å². The van der Waals surface area contributed by atoms with Gasteiger partial charge in [0.05, 0.1) is 0 Å². The lowest BCUT2D eigenvalue weighted by molar-refractivity contribution is -0.116. The van der Waals surface area contributed by atoms with Gasteiger partial charge in [0.25, 0.3) is 0 Å². The number of ether oxygens (including phenoxy) is 1. The SMILES string of the molecule is CC(=O)CCSSc1ccc(COC(=O)Nc2ccc(CC(C)(C)C)cc2)cc1. The van der Waals surface area contributed by atoms with Crippen molar-refractivity contribution < 1.29 is 14.3 Å². The molecule has 0 heterocycles. The Bertz CT molecular complexity index is 796. The summed E-state index contributed by atoms with van der Waals surface area (Å²) in [5, 5.41) is 2.76. The fourth-order valence-electron chi connectivity index (χ4n) is 2.56. The summed E-state index contributed by atoms with van der Waals surface area (Å²) in [6.45, 7) is 8.44. The Hall–Kier alpha value is -1.92. The molecule has 2 aromatic carbocycles. The van der Waals surface area contributed by atoms with E-state index in [1.54, 1.807) is 28.5 Å². The van der Waals surface area contributed by atoms with Crippen molar-refractivity contribution in [1.82, 2.24) is 0 Å². The van der Waals surface area contributed by atoms with Crippen LogP contribution in [0.4, 0.5) is 10.5 Å². The summed E-state index contributed by atoms with van der Waals surface area (Å²) in [6.07, 6.45) is 1.12. The highest BCUT2D eigenvalue weighted by Crippen LogP contribution is 2.31. The smallest absolute Gasteiger partial charge is 0.411 e. The van der Waals surface area contributed by atoms with E-state index in [1.807, 2.05) is 48.5 Å². The number of benzene rings is 2. The largest absolute Gasteiger partial charge is 0.444 e. The number of rotatable bonds is 9. The Morgan fingerprint density at radius 3 is 2.17 bits per heavy atom.